The molecule has 1 N–H and O–H groups in total. The van der Waals surface area contributed by atoms with Crippen molar-refractivity contribution < 1.29 is 29.1 Å². The minimum absolute atomic E-state index is 0.0713. The maximum absolute atomic E-state index is 13.5. The van der Waals surface area contributed by atoms with Crippen LogP contribution >= 0.6 is 0 Å². The van der Waals surface area contributed by atoms with Gasteiger partial charge in [0.05, 0.1) is 47.4 Å². The third kappa shape index (κ3) is 4.86. The summed E-state index contributed by atoms with van der Waals surface area (Å²) in [7, 11) is 0. The van der Waals surface area contributed by atoms with Crippen molar-refractivity contribution in [2.75, 3.05) is 13.2 Å². The molecule has 210 valence electrons. The lowest BCUT2D eigenvalue weighted by Crippen LogP contribution is -2.44. The zero-order chi connectivity index (χ0) is 28.7. The number of nitrogens with zero attached hydrogens (tertiary/aromatic N) is 4. The van der Waals surface area contributed by atoms with Gasteiger partial charge in [0.15, 0.2) is 5.60 Å². The smallest absolute Gasteiger partial charge is 0.343 e. The fourth-order valence-corrected chi connectivity index (χ4v) is 5.11. The molecule has 0 unspecified atom stereocenters. The number of aliphatic hydroxyl groups is 1. The molecule has 0 saturated heterocycles. The number of rotatable bonds is 9. The molecule has 2 aliphatic rings. The van der Waals surface area contributed by atoms with E-state index in [0.717, 1.165) is 16.5 Å². The number of para-hydroxylation sites is 1. The Kier molecular flexibility index (Phi) is 7.19. The highest BCUT2D eigenvalue weighted by atomic mass is 16.7. The lowest BCUT2D eigenvalue weighted by Gasteiger charge is -2.31. The molecule has 4 heterocycles. The van der Waals surface area contributed by atoms with Crippen LogP contribution in [-0.2, 0) is 42.8 Å². The second kappa shape index (κ2) is 10.5. The Balaban J connectivity index is 1.45. The number of hydroxylamine groups is 2. The number of aromatic nitrogens is 2. The third-order valence-electron chi connectivity index (χ3n) is 7.02. The van der Waals surface area contributed by atoms with Crippen LogP contribution in [0.5, 0.6) is 0 Å². The summed E-state index contributed by atoms with van der Waals surface area (Å²) in [6.45, 7) is 7.92. The number of pyridine rings is 2. The van der Waals surface area contributed by atoms with Crippen LogP contribution in [0.4, 0.5) is 0 Å². The standard InChI is InChI=1S/C29H32N4O7/c1-5-29(37)22-13-24-25-20(15-33(24)26(35)21(22)16-38-27(29)36)19(18-9-6-7-10-23(18)31-25)14-30-39-12-8-11-32(17-34)40-28(2,3)4/h6-7,9-10,13-14,17,37H,5,8,11-12,15-16H2,1-4H3/t29-/m0/s1. The second-order valence-corrected chi connectivity index (χ2v) is 10.8. The van der Waals surface area contributed by atoms with E-state index in [1.807, 2.05) is 45.0 Å². The number of ether oxygens (including phenoxy) is 1. The van der Waals surface area contributed by atoms with E-state index in [4.69, 9.17) is 19.4 Å². The van der Waals surface area contributed by atoms with Crippen LogP contribution in [-0.4, -0.2) is 57.1 Å². The molecule has 1 aromatic carbocycles. The molecule has 1 atom stereocenters. The van der Waals surface area contributed by atoms with Crippen LogP contribution < -0.4 is 5.56 Å². The van der Waals surface area contributed by atoms with E-state index in [1.165, 1.54) is 5.06 Å². The Labute approximate surface area is 230 Å². The molecular formula is C29H32N4O7. The minimum Gasteiger partial charge on any atom is -0.458 e. The highest BCUT2D eigenvalue weighted by molar-refractivity contribution is 6.02. The number of amides is 1. The van der Waals surface area contributed by atoms with Crippen molar-refractivity contribution in [1.29, 1.82) is 0 Å². The summed E-state index contributed by atoms with van der Waals surface area (Å²) in [5.74, 6) is -0.761. The normalized spacial score (nSPS) is 17.9. The van der Waals surface area contributed by atoms with Gasteiger partial charge in [-0.1, -0.05) is 30.3 Å². The molecule has 3 aromatic rings. The summed E-state index contributed by atoms with van der Waals surface area (Å²) in [5.41, 5.74) is 1.17. The van der Waals surface area contributed by atoms with Crippen LogP contribution in [0, 0.1) is 0 Å². The summed E-state index contributed by atoms with van der Waals surface area (Å²) < 4.78 is 6.75. The van der Waals surface area contributed by atoms with Crippen molar-refractivity contribution >= 4 is 29.5 Å². The molecule has 2 aliphatic heterocycles. The van der Waals surface area contributed by atoms with Gasteiger partial charge >= 0.3 is 5.97 Å². The van der Waals surface area contributed by atoms with Gasteiger partial charge in [-0.3, -0.25) is 14.4 Å². The molecule has 0 fully saturated rings. The van der Waals surface area contributed by atoms with Gasteiger partial charge in [-0.05, 0) is 39.3 Å². The molecule has 0 radical (unpaired) electrons. The van der Waals surface area contributed by atoms with Gasteiger partial charge in [-0.25, -0.2) is 14.8 Å². The fraction of sp³-hybridized carbons (Fsp3) is 0.414. The number of carbonyl (C=O) groups is 2. The number of oxime groups is 1. The molecule has 1 amide bonds. The Morgan fingerprint density at radius 3 is 2.75 bits per heavy atom. The maximum Gasteiger partial charge on any atom is 0.343 e. The summed E-state index contributed by atoms with van der Waals surface area (Å²) in [4.78, 5) is 53.1. The number of cyclic esters (lactones) is 1. The molecule has 5 rings (SSSR count). The second-order valence-electron chi connectivity index (χ2n) is 10.8. The summed E-state index contributed by atoms with van der Waals surface area (Å²) in [6, 6.07) is 9.25. The quantitative estimate of drug-likeness (QED) is 0.111. The van der Waals surface area contributed by atoms with E-state index in [1.54, 1.807) is 23.8 Å². The number of hydrogen-bond acceptors (Lipinski definition) is 9. The van der Waals surface area contributed by atoms with E-state index in [9.17, 15) is 19.5 Å². The lowest BCUT2D eigenvalue weighted by molar-refractivity contribution is -0.216. The molecule has 0 saturated carbocycles. The van der Waals surface area contributed by atoms with Gasteiger partial charge in [-0.2, -0.15) is 0 Å². The van der Waals surface area contributed by atoms with Crippen LogP contribution in [0.2, 0.25) is 0 Å². The largest absolute Gasteiger partial charge is 0.458 e. The number of hydrogen-bond donors (Lipinski definition) is 1. The van der Waals surface area contributed by atoms with E-state index < -0.39 is 17.2 Å². The van der Waals surface area contributed by atoms with Crippen molar-refractivity contribution in [2.24, 2.45) is 5.16 Å². The van der Waals surface area contributed by atoms with Gasteiger partial charge in [0, 0.05) is 28.5 Å². The van der Waals surface area contributed by atoms with Crippen molar-refractivity contribution in [3.8, 4) is 11.4 Å². The highest BCUT2D eigenvalue weighted by Crippen LogP contribution is 2.39. The molecular weight excluding hydrogens is 516 g/mol. The Morgan fingerprint density at radius 1 is 1.25 bits per heavy atom. The van der Waals surface area contributed by atoms with Gasteiger partial charge < -0.3 is 19.2 Å². The molecule has 0 aliphatic carbocycles. The molecule has 0 bridgehead atoms. The topological polar surface area (TPSA) is 133 Å². The van der Waals surface area contributed by atoms with E-state index in [-0.39, 0.29) is 42.9 Å². The average Bonchev–Trinajstić information content (AvgIpc) is 3.29. The summed E-state index contributed by atoms with van der Waals surface area (Å²) in [6.07, 6.45) is 2.83. The monoisotopic (exact) mass is 548 g/mol. The van der Waals surface area contributed by atoms with Crippen LogP contribution in [0.3, 0.4) is 0 Å². The number of benzene rings is 1. The van der Waals surface area contributed by atoms with E-state index in [2.05, 4.69) is 5.16 Å². The van der Waals surface area contributed by atoms with Crippen LogP contribution in [0.15, 0.2) is 40.3 Å². The Morgan fingerprint density at radius 2 is 2.02 bits per heavy atom. The molecule has 11 nitrogen and oxygen atoms in total. The fourth-order valence-electron chi connectivity index (χ4n) is 5.11. The van der Waals surface area contributed by atoms with Gasteiger partial charge in [0.1, 0.15) is 13.2 Å². The molecule has 11 heteroatoms. The van der Waals surface area contributed by atoms with Crippen molar-refractivity contribution in [2.45, 2.75) is 64.9 Å². The summed E-state index contributed by atoms with van der Waals surface area (Å²) in [5, 5.41) is 17.4. The zero-order valence-corrected chi connectivity index (χ0v) is 23.0. The predicted octanol–water partition coefficient (Wildman–Crippen LogP) is 3.01. The van der Waals surface area contributed by atoms with Crippen LogP contribution in [0.1, 0.15) is 62.8 Å². The SMILES string of the molecule is CC[C@@]1(O)C(=O)OCc2c1cc1n(c2=O)Cc2c-1nc1ccccc1c2C=NOCCCN(C=O)OC(C)(C)C. The molecule has 40 heavy (non-hydrogen) atoms. The highest BCUT2D eigenvalue weighted by Gasteiger charge is 2.45. The van der Waals surface area contributed by atoms with Crippen LogP contribution in [0.25, 0.3) is 22.3 Å². The van der Waals surface area contributed by atoms with Gasteiger partial charge in [0.2, 0.25) is 6.41 Å². The first-order valence-corrected chi connectivity index (χ1v) is 13.2. The zero-order valence-electron chi connectivity index (χ0n) is 23.0. The van der Waals surface area contributed by atoms with Crippen molar-refractivity contribution in [3.05, 3.63) is 62.9 Å². The maximum atomic E-state index is 13.5. The van der Waals surface area contributed by atoms with Crippen molar-refractivity contribution in [3.63, 3.8) is 0 Å². The minimum atomic E-state index is -1.89. The summed E-state index contributed by atoms with van der Waals surface area (Å²) >= 11 is 0. The third-order valence-corrected chi connectivity index (χ3v) is 7.02. The van der Waals surface area contributed by atoms with E-state index in [0.29, 0.717) is 36.3 Å². The lowest BCUT2D eigenvalue weighted by atomic mass is 9.86. The number of esters is 1. The first-order valence-electron chi connectivity index (χ1n) is 13.2. The Bertz CT molecular complexity index is 1570. The Hall–Kier alpha value is -4.09. The van der Waals surface area contributed by atoms with Crippen molar-refractivity contribution in [1.82, 2.24) is 14.6 Å². The predicted molar refractivity (Wildman–Crippen MR) is 146 cm³/mol. The van der Waals surface area contributed by atoms with Gasteiger partial charge in [-0.15, -0.1) is 0 Å². The molecule has 0 spiro atoms. The van der Waals surface area contributed by atoms with E-state index >= 15 is 0 Å². The average molecular weight is 549 g/mol. The first-order chi connectivity index (χ1) is 19.1. The molecule has 2 aromatic heterocycles. The first kappa shape index (κ1) is 27.5. The number of fused-ring (bicyclic) bond motifs is 5. The van der Waals surface area contributed by atoms with Gasteiger partial charge in [0.25, 0.3) is 5.56 Å². The number of carbonyl (C=O) groups excluding carboxylic acids is 2.